The van der Waals surface area contributed by atoms with Crippen LogP contribution in [0.1, 0.15) is 37.8 Å². The predicted octanol–water partition coefficient (Wildman–Crippen LogP) is 2.85. The largest absolute Gasteiger partial charge is 0.379 e. The Bertz CT molecular complexity index is 703. The zero-order valence-corrected chi connectivity index (χ0v) is 19.0. The van der Waals surface area contributed by atoms with E-state index in [2.05, 4.69) is 45.1 Å². The van der Waals surface area contributed by atoms with Crippen LogP contribution in [0, 0.1) is 0 Å². The first-order valence-corrected chi connectivity index (χ1v) is 12.0. The Kier molecular flexibility index (Phi) is 7.88. The monoisotopic (exact) mass is 433 g/mol. The third kappa shape index (κ3) is 5.47. The van der Waals surface area contributed by atoms with E-state index in [-0.39, 0.29) is 6.04 Å². The fourth-order valence-corrected chi connectivity index (χ4v) is 5.17. The van der Waals surface area contributed by atoms with Crippen molar-refractivity contribution in [3.05, 3.63) is 34.9 Å². The molecule has 7 heteroatoms. The lowest BCUT2D eigenvalue weighted by molar-refractivity contribution is 0.0195. The third-order valence-corrected chi connectivity index (χ3v) is 6.82. The SMILES string of the molecule is CCNC(=NCC(c1cccc(Cl)c1)N1CCCC1)N1CCC(N2CCOCC2)C1. The summed E-state index contributed by atoms with van der Waals surface area (Å²) >= 11 is 6.31. The molecule has 1 aromatic carbocycles. The quantitative estimate of drug-likeness (QED) is 0.552. The van der Waals surface area contributed by atoms with E-state index in [0.29, 0.717) is 6.04 Å². The Labute approximate surface area is 186 Å². The Morgan fingerprint density at radius 3 is 2.73 bits per heavy atom. The van der Waals surface area contributed by atoms with Gasteiger partial charge in [0.2, 0.25) is 0 Å². The van der Waals surface area contributed by atoms with Gasteiger partial charge < -0.3 is 15.0 Å². The molecule has 1 N–H and O–H groups in total. The summed E-state index contributed by atoms with van der Waals surface area (Å²) in [6.45, 7) is 12.1. The van der Waals surface area contributed by atoms with E-state index >= 15 is 0 Å². The average Bonchev–Trinajstić information content (AvgIpc) is 3.47. The molecule has 6 nitrogen and oxygen atoms in total. The number of rotatable bonds is 6. The van der Waals surface area contributed by atoms with Crippen molar-refractivity contribution in [3.8, 4) is 0 Å². The Morgan fingerprint density at radius 1 is 1.20 bits per heavy atom. The van der Waals surface area contributed by atoms with E-state index in [1.807, 2.05) is 6.07 Å². The maximum atomic E-state index is 6.31. The minimum atomic E-state index is 0.289. The van der Waals surface area contributed by atoms with Crippen LogP contribution in [0.25, 0.3) is 0 Å². The van der Waals surface area contributed by atoms with Crippen molar-refractivity contribution in [3.63, 3.8) is 0 Å². The minimum absolute atomic E-state index is 0.289. The summed E-state index contributed by atoms with van der Waals surface area (Å²) in [6, 6.07) is 9.22. The molecular weight excluding hydrogens is 398 g/mol. The molecule has 2 atom stereocenters. The van der Waals surface area contributed by atoms with Gasteiger partial charge in [-0.15, -0.1) is 0 Å². The van der Waals surface area contributed by atoms with Crippen LogP contribution in [-0.4, -0.2) is 92.3 Å². The van der Waals surface area contributed by atoms with Gasteiger partial charge in [-0.1, -0.05) is 23.7 Å². The molecule has 0 aromatic heterocycles. The second-order valence-electron chi connectivity index (χ2n) is 8.55. The molecule has 3 aliphatic heterocycles. The van der Waals surface area contributed by atoms with Gasteiger partial charge in [-0.2, -0.15) is 0 Å². The molecule has 0 bridgehead atoms. The number of aliphatic imine (C=N–C) groups is 1. The third-order valence-electron chi connectivity index (χ3n) is 6.59. The smallest absolute Gasteiger partial charge is 0.194 e. The number of hydrogen-bond donors (Lipinski definition) is 1. The maximum absolute atomic E-state index is 6.31. The Morgan fingerprint density at radius 2 is 2.00 bits per heavy atom. The normalized spacial score (nSPS) is 25.1. The summed E-state index contributed by atoms with van der Waals surface area (Å²) in [5, 5.41) is 4.35. The van der Waals surface area contributed by atoms with Crippen LogP contribution in [-0.2, 0) is 4.74 Å². The molecule has 3 heterocycles. The minimum Gasteiger partial charge on any atom is -0.379 e. The number of benzene rings is 1. The van der Waals surface area contributed by atoms with Gasteiger partial charge in [0.25, 0.3) is 0 Å². The lowest BCUT2D eigenvalue weighted by atomic mass is 10.1. The van der Waals surface area contributed by atoms with Gasteiger partial charge in [-0.05, 0) is 57.0 Å². The maximum Gasteiger partial charge on any atom is 0.194 e. The van der Waals surface area contributed by atoms with Crippen molar-refractivity contribution in [1.29, 1.82) is 0 Å². The first-order chi connectivity index (χ1) is 14.7. The fraction of sp³-hybridized carbons (Fsp3) is 0.696. The summed E-state index contributed by atoms with van der Waals surface area (Å²) in [6.07, 6.45) is 3.75. The van der Waals surface area contributed by atoms with Crippen molar-refractivity contribution in [2.45, 2.75) is 38.3 Å². The van der Waals surface area contributed by atoms with Gasteiger partial charge in [-0.3, -0.25) is 14.8 Å². The number of morpholine rings is 1. The molecule has 0 radical (unpaired) electrons. The predicted molar refractivity (Wildman–Crippen MR) is 123 cm³/mol. The van der Waals surface area contributed by atoms with E-state index in [1.54, 1.807) is 0 Å². The van der Waals surface area contributed by atoms with Gasteiger partial charge >= 0.3 is 0 Å². The summed E-state index contributed by atoms with van der Waals surface area (Å²) in [4.78, 5) is 12.7. The number of nitrogens with zero attached hydrogens (tertiary/aromatic N) is 4. The molecule has 0 amide bonds. The summed E-state index contributed by atoms with van der Waals surface area (Å²) < 4.78 is 5.53. The van der Waals surface area contributed by atoms with Gasteiger partial charge in [0, 0.05) is 43.8 Å². The first-order valence-electron chi connectivity index (χ1n) is 11.6. The Hall–Kier alpha value is -1.34. The number of guanidine groups is 1. The fourth-order valence-electron chi connectivity index (χ4n) is 4.97. The average molecular weight is 434 g/mol. The van der Waals surface area contributed by atoms with Crippen molar-refractivity contribution >= 4 is 17.6 Å². The van der Waals surface area contributed by atoms with Gasteiger partial charge in [-0.25, -0.2) is 0 Å². The zero-order chi connectivity index (χ0) is 20.8. The highest BCUT2D eigenvalue weighted by Crippen LogP contribution is 2.27. The number of ether oxygens (including phenoxy) is 1. The van der Waals surface area contributed by atoms with Crippen LogP contribution in [0.2, 0.25) is 5.02 Å². The molecule has 3 saturated heterocycles. The lowest BCUT2D eigenvalue weighted by Crippen LogP contribution is -2.46. The molecule has 0 aliphatic carbocycles. The van der Waals surface area contributed by atoms with Crippen LogP contribution in [0.5, 0.6) is 0 Å². The van der Waals surface area contributed by atoms with Crippen LogP contribution in [0.15, 0.2) is 29.3 Å². The van der Waals surface area contributed by atoms with Crippen LogP contribution in [0.3, 0.4) is 0 Å². The molecular formula is C23H36ClN5O. The van der Waals surface area contributed by atoms with Crippen molar-refractivity contribution in [1.82, 2.24) is 20.0 Å². The highest BCUT2D eigenvalue weighted by molar-refractivity contribution is 6.30. The van der Waals surface area contributed by atoms with Crippen molar-refractivity contribution < 1.29 is 4.74 Å². The van der Waals surface area contributed by atoms with E-state index in [9.17, 15) is 0 Å². The van der Waals surface area contributed by atoms with E-state index in [0.717, 1.165) is 76.6 Å². The first kappa shape index (κ1) is 21.9. The lowest BCUT2D eigenvalue weighted by Gasteiger charge is -2.32. The molecule has 30 heavy (non-hydrogen) atoms. The molecule has 0 spiro atoms. The summed E-state index contributed by atoms with van der Waals surface area (Å²) in [5.41, 5.74) is 1.27. The molecule has 166 valence electrons. The van der Waals surface area contributed by atoms with E-state index in [4.69, 9.17) is 21.3 Å². The van der Waals surface area contributed by atoms with Gasteiger partial charge in [0.05, 0.1) is 25.8 Å². The molecule has 0 saturated carbocycles. The van der Waals surface area contributed by atoms with E-state index in [1.165, 1.54) is 24.8 Å². The number of halogens is 1. The second-order valence-corrected chi connectivity index (χ2v) is 8.98. The van der Waals surface area contributed by atoms with Gasteiger partial charge in [0.1, 0.15) is 0 Å². The van der Waals surface area contributed by atoms with Crippen molar-refractivity contribution in [2.24, 2.45) is 4.99 Å². The molecule has 1 aromatic rings. The highest BCUT2D eigenvalue weighted by atomic mass is 35.5. The van der Waals surface area contributed by atoms with E-state index < -0.39 is 0 Å². The summed E-state index contributed by atoms with van der Waals surface area (Å²) in [5.74, 6) is 1.06. The number of likely N-dealkylation sites (tertiary alicyclic amines) is 2. The molecule has 2 unspecified atom stereocenters. The molecule has 3 aliphatic rings. The van der Waals surface area contributed by atoms with Crippen LogP contribution >= 0.6 is 11.6 Å². The Balaban J connectivity index is 1.46. The van der Waals surface area contributed by atoms with Crippen molar-refractivity contribution in [2.75, 3.05) is 65.6 Å². The number of hydrogen-bond acceptors (Lipinski definition) is 4. The standard InChI is InChI=1S/C23H36ClN5O/c1-2-25-23(29-11-8-21(18-29)27-12-14-30-15-13-27)26-17-22(28-9-3-4-10-28)19-6-5-7-20(24)16-19/h5-7,16,21-22H,2-4,8-15,17-18H2,1H3,(H,25,26). The zero-order valence-electron chi connectivity index (χ0n) is 18.2. The van der Waals surface area contributed by atoms with Crippen LogP contribution < -0.4 is 5.32 Å². The topological polar surface area (TPSA) is 43.3 Å². The molecule has 3 fully saturated rings. The number of nitrogens with one attached hydrogen (secondary N) is 1. The van der Waals surface area contributed by atoms with Gasteiger partial charge in [0.15, 0.2) is 5.96 Å². The highest BCUT2D eigenvalue weighted by Gasteiger charge is 2.31. The van der Waals surface area contributed by atoms with Crippen LogP contribution in [0.4, 0.5) is 0 Å². The second kappa shape index (κ2) is 10.8. The summed E-state index contributed by atoms with van der Waals surface area (Å²) in [7, 11) is 0. The molecule has 4 rings (SSSR count).